The number of anilines is 1. The Bertz CT molecular complexity index is 931. The largest absolute Gasteiger partial charge is 0.507 e. The standard InChI is InChI=1S/C24H31ClN4O4/c1-2-33-23(31)21-9-8-20(16-22(21)30)27-24(32)26-10-3-11-28-12-14-29(15-13-28)17-18-4-6-19(25)7-5-18/h4-9,16,30H,2-3,10-15,17H2,1H3,(H2,26,27,32). The summed E-state index contributed by atoms with van der Waals surface area (Å²) in [7, 11) is 0. The molecule has 0 atom stereocenters. The van der Waals surface area contributed by atoms with E-state index in [1.165, 1.54) is 17.7 Å². The number of nitrogens with one attached hydrogen (secondary N) is 2. The number of piperazine rings is 1. The van der Waals surface area contributed by atoms with Crippen LogP contribution in [0.4, 0.5) is 10.5 Å². The van der Waals surface area contributed by atoms with Crippen molar-refractivity contribution in [3.63, 3.8) is 0 Å². The molecule has 0 bridgehead atoms. The Balaban J connectivity index is 1.31. The van der Waals surface area contributed by atoms with Crippen LogP contribution in [0, 0.1) is 0 Å². The normalized spacial score (nSPS) is 14.6. The van der Waals surface area contributed by atoms with Gasteiger partial charge in [-0.3, -0.25) is 4.90 Å². The maximum absolute atomic E-state index is 12.1. The Hall–Kier alpha value is -2.81. The van der Waals surface area contributed by atoms with Gasteiger partial charge in [0.15, 0.2) is 0 Å². The van der Waals surface area contributed by atoms with E-state index in [1.54, 1.807) is 13.0 Å². The number of carbonyl (C=O) groups is 2. The van der Waals surface area contributed by atoms with E-state index in [0.29, 0.717) is 12.2 Å². The number of phenols is 1. The van der Waals surface area contributed by atoms with Gasteiger partial charge >= 0.3 is 12.0 Å². The lowest BCUT2D eigenvalue weighted by atomic mass is 10.2. The molecule has 0 radical (unpaired) electrons. The first-order valence-electron chi connectivity index (χ1n) is 11.2. The third-order valence-electron chi connectivity index (χ3n) is 5.47. The van der Waals surface area contributed by atoms with Crippen LogP contribution in [-0.2, 0) is 11.3 Å². The zero-order valence-electron chi connectivity index (χ0n) is 18.8. The number of esters is 1. The van der Waals surface area contributed by atoms with Crippen molar-refractivity contribution in [3.05, 3.63) is 58.6 Å². The number of halogens is 1. The lowest BCUT2D eigenvalue weighted by Gasteiger charge is -2.34. The number of carbonyl (C=O) groups excluding carboxylic acids is 2. The number of nitrogens with zero attached hydrogens (tertiary/aromatic N) is 2. The Morgan fingerprint density at radius 2 is 1.76 bits per heavy atom. The Labute approximate surface area is 199 Å². The van der Waals surface area contributed by atoms with Crippen molar-refractivity contribution < 1.29 is 19.4 Å². The number of rotatable bonds is 9. The van der Waals surface area contributed by atoms with Crippen molar-refractivity contribution in [3.8, 4) is 5.75 Å². The Morgan fingerprint density at radius 3 is 2.42 bits per heavy atom. The molecule has 3 N–H and O–H groups in total. The van der Waals surface area contributed by atoms with Gasteiger partial charge in [0, 0.05) is 56.0 Å². The van der Waals surface area contributed by atoms with E-state index in [2.05, 4.69) is 32.6 Å². The molecule has 1 aliphatic rings. The third kappa shape index (κ3) is 7.92. The van der Waals surface area contributed by atoms with E-state index in [0.717, 1.165) is 50.7 Å². The van der Waals surface area contributed by atoms with Gasteiger partial charge in [0.2, 0.25) is 0 Å². The molecule has 2 aromatic rings. The fourth-order valence-corrected chi connectivity index (χ4v) is 3.82. The Morgan fingerprint density at radius 1 is 1.06 bits per heavy atom. The molecule has 0 aromatic heterocycles. The second kappa shape index (κ2) is 12.4. The van der Waals surface area contributed by atoms with Gasteiger partial charge < -0.3 is 25.4 Å². The van der Waals surface area contributed by atoms with Gasteiger partial charge in [-0.05, 0) is 49.7 Å². The lowest BCUT2D eigenvalue weighted by molar-refractivity contribution is 0.0523. The van der Waals surface area contributed by atoms with Crippen molar-refractivity contribution in [1.82, 2.24) is 15.1 Å². The number of aromatic hydroxyl groups is 1. The molecule has 0 saturated carbocycles. The number of hydrogen-bond acceptors (Lipinski definition) is 6. The van der Waals surface area contributed by atoms with E-state index < -0.39 is 5.97 Å². The van der Waals surface area contributed by atoms with Crippen LogP contribution in [0.1, 0.15) is 29.3 Å². The summed E-state index contributed by atoms with van der Waals surface area (Å²) < 4.78 is 4.87. The van der Waals surface area contributed by atoms with Gasteiger partial charge in [-0.1, -0.05) is 23.7 Å². The van der Waals surface area contributed by atoms with Crippen molar-refractivity contribution in [2.24, 2.45) is 0 Å². The maximum Gasteiger partial charge on any atom is 0.341 e. The highest BCUT2D eigenvalue weighted by atomic mass is 35.5. The minimum atomic E-state index is -0.600. The number of hydrogen-bond donors (Lipinski definition) is 3. The summed E-state index contributed by atoms with van der Waals surface area (Å²) in [5, 5.41) is 16.2. The van der Waals surface area contributed by atoms with E-state index in [4.69, 9.17) is 16.3 Å². The van der Waals surface area contributed by atoms with Gasteiger partial charge in [0.1, 0.15) is 11.3 Å². The molecule has 3 rings (SSSR count). The smallest absolute Gasteiger partial charge is 0.341 e. The number of ether oxygens (including phenoxy) is 1. The highest BCUT2D eigenvalue weighted by Gasteiger charge is 2.17. The van der Waals surface area contributed by atoms with Crippen LogP contribution in [0.3, 0.4) is 0 Å². The summed E-state index contributed by atoms with van der Waals surface area (Å²) in [5.74, 6) is -0.835. The van der Waals surface area contributed by atoms with Crippen LogP contribution in [0.2, 0.25) is 5.02 Å². The first kappa shape index (κ1) is 24.8. The van der Waals surface area contributed by atoms with Gasteiger partial charge in [-0.15, -0.1) is 0 Å². The number of urea groups is 1. The molecular weight excluding hydrogens is 444 g/mol. The molecule has 1 fully saturated rings. The molecular formula is C24H31ClN4O4. The number of phenolic OH excluding ortho intramolecular Hbond substituents is 1. The van der Waals surface area contributed by atoms with Gasteiger partial charge in [0.05, 0.1) is 6.61 Å². The molecule has 9 heteroatoms. The van der Waals surface area contributed by atoms with Gasteiger partial charge in [0.25, 0.3) is 0 Å². The predicted octanol–water partition coefficient (Wildman–Crippen LogP) is 3.55. The molecule has 178 valence electrons. The van der Waals surface area contributed by atoms with Gasteiger partial charge in [-0.2, -0.15) is 0 Å². The monoisotopic (exact) mass is 474 g/mol. The first-order valence-corrected chi connectivity index (χ1v) is 11.6. The topological polar surface area (TPSA) is 94.1 Å². The average Bonchev–Trinajstić information content (AvgIpc) is 2.79. The van der Waals surface area contributed by atoms with Crippen LogP contribution in [0.5, 0.6) is 5.75 Å². The molecule has 2 aromatic carbocycles. The quantitative estimate of drug-likeness (QED) is 0.380. The number of amides is 2. The first-order chi connectivity index (χ1) is 15.9. The van der Waals surface area contributed by atoms with Crippen molar-refractivity contribution in [1.29, 1.82) is 0 Å². The maximum atomic E-state index is 12.1. The molecule has 33 heavy (non-hydrogen) atoms. The minimum absolute atomic E-state index is 0.0658. The highest BCUT2D eigenvalue weighted by molar-refractivity contribution is 6.30. The van der Waals surface area contributed by atoms with Crippen LogP contribution in [0.25, 0.3) is 0 Å². The molecule has 1 aliphatic heterocycles. The molecule has 1 heterocycles. The summed E-state index contributed by atoms with van der Waals surface area (Å²) in [6, 6.07) is 11.9. The zero-order valence-corrected chi connectivity index (χ0v) is 19.6. The summed E-state index contributed by atoms with van der Waals surface area (Å²) in [6.45, 7) is 8.36. The molecule has 0 spiro atoms. The lowest BCUT2D eigenvalue weighted by Crippen LogP contribution is -2.46. The minimum Gasteiger partial charge on any atom is -0.507 e. The summed E-state index contributed by atoms with van der Waals surface area (Å²) in [6.07, 6.45) is 0.845. The Kier molecular flexibility index (Phi) is 9.35. The fraction of sp³-hybridized carbons (Fsp3) is 0.417. The third-order valence-corrected chi connectivity index (χ3v) is 5.72. The van der Waals surface area contributed by atoms with Crippen LogP contribution < -0.4 is 10.6 Å². The van der Waals surface area contributed by atoms with Crippen LogP contribution in [-0.4, -0.2) is 72.8 Å². The second-order valence-corrected chi connectivity index (χ2v) is 8.37. The molecule has 8 nitrogen and oxygen atoms in total. The van der Waals surface area contributed by atoms with E-state index in [-0.39, 0.29) is 24.0 Å². The molecule has 0 aliphatic carbocycles. The summed E-state index contributed by atoms with van der Waals surface area (Å²) in [4.78, 5) is 28.7. The van der Waals surface area contributed by atoms with Crippen LogP contribution in [0.15, 0.2) is 42.5 Å². The summed E-state index contributed by atoms with van der Waals surface area (Å²) >= 11 is 5.95. The predicted molar refractivity (Wildman–Crippen MR) is 129 cm³/mol. The summed E-state index contributed by atoms with van der Waals surface area (Å²) in [5.41, 5.74) is 1.73. The zero-order chi connectivity index (χ0) is 23.6. The SMILES string of the molecule is CCOC(=O)c1ccc(NC(=O)NCCCN2CCN(Cc3ccc(Cl)cc3)CC2)cc1O. The molecule has 1 saturated heterocycles. The average molecular weight is 475 g/mol. The second-order valence-electron chi connectivity index (χ2n) is 7.93. The number of benzene rings is 2. The molecule has 2 amide bonds. The van der Waals surface area contributed by atoms with E-state index in [1.807, 2.05) is 12.1 Å². The van der Waals surface area contributed by atoms with Crippen molar-refractivity contribution in [2.45, 2.75) is 19.9 Å². The fourth-order valence-electron chi connectivity index (χ4n) is 3.69. The molecule has 0 unspecified atom stereocenters. The van der Waals surface area contributed by atoms with Crippen molar-refractivity contribution >= 4 is 29.3 Å². The van der Waals surface area contributed by atoms with E-state index in [9.17, 15) is 14.7 Å². The highest BCUT2D eigenvalue weighted by Crippen LogP contribution is 2.22. The van der Waals surface area contributed by atoms with Crippen LogP contribution >= 0.6 is 11.6 Å². The van der Waals surface area contributed by atoms with Crippen molar-refractivity contribution in [2.75, 3.05) is 51.2 Å². The van der Waals surface area contributed by atoms with Gasteiger partial charge in [-0.25, -0.2) is 9.59 Å². The van der Waals surface area contributed by atoms with E-state index >= 15 is 0 Å².